The molecule has 4 aliphatic rings. The van der Waals surface area contributed by atoms with E-state index in [2.05, 4.69) is 19.1 Å². The second kappa shape index (κ2) is 14.5. The summed E-state index contributed by atoms with van der Waals surface area (Å²) in [4.78, 5) is 0. The first-order valence-corrected chi connectivity index (χ1v) is 16.9. The van der Waals surface area contributed by atoms with Crippen molar-refractivity contribution >= 4 is 0 Å². The van der Waals surface area contributed by atoms with Crippen LogP contribution in [0.25, 0.3) is 0 Å². The number of rotatable bonds is 10. The van der Waals surface area contributed by atoms with Crippen LogP contribution in [0.3, 0.4) is 0 Å². The molecule has 1 aromatic rings. The topological polar surface area (TPSA) is 18.5 Å². The van der Waals surface area contributed by atoms with Gasteiger partial charge in [0.15, 0.2) is 11.5 Å². The maximum absolute atomic E-state index is 14.4. The zero-order valence-electron chi connectivity index (χ0n) is 25.2. The first-order valence-electron chi connectivity index (χ1n) is 16.9. The molecule has 0 aromatic heterocycles. The molecule has 1 aromatic carbocycles. The fraction of sp³-hybridized carbons (Fsp3) is 0.778. The number of hydrogen-bond donors (Lipinski definition) is 0. The molecule has 0 heterocycles. The van der Waals surface area contributed by atoms with Gasteiger partial charge in [0.05, 0.1) is 13.2 Å². The quantitative estimate of drug-likeness (QED) is 0.267. The minimum atomic E-state index is -0.949. The fourth-order valence-electron chi connectivity index (χ4n) is 9.23. The van der Waals surface area contributed by atoms with Gasteiger partial charge in [0.2, 0.25) is 11.6 Å². The number of hydrogen-bond acceptors (Lipinski definition) is 2. The lowest BCUT2D eigenvalue weighted by atomic mass is 9.60. The number of benzene rings is 1. The molecular weight excluding hydrogens is 502 g/mol. The number of ether oxygens (including phenoxy) is 2. The van der Waals surface area contributed by atoms with Crippen LogP contribution >= 0.6 is 0 Å². The van der Waals surface area contributed by atoms with Crippen LogP contribution in [-0.4, -0.2) is 13.2 Å². The molecule has 40 heavy (non-hydrogen) atoms. The van der Waals surface area contributed by atoms with Gasteiger partial charge >= 0.3 is 0 Å². The van der Waals surface area contributed by atoms with E-state index >= 15 is 0 Å². The molecular formula is C36H54F2O2. The van der Waals surface area contributed by atoms with Crippen LogP contribution in [0.1, 0.15) is 117 Å². The van der Waals surface area contributed by atoms with Gasteiger partial charge in [-0.05, 0) is 170 Å². The minimum absolute atomic E-state index is 0.00729. The normalized spacial score (nSPS) is 34.9. The summed E-state index contributed by atoms with van der Waals surface area (Å²) in [6.07, 6.45) is 26.9. The van der Waals surface area contributed by atoms with E-state index in [4.69, 9.17) is 9.47 Å². The van der Waals surface area contributed by atoms with Crippen LogP contribution in [0, 0.1) is 59.0 Å². The van der Waals surface area contributed by atoms with Gasteiger partial charge < -0.3 is 9.47 Å². The molecule has 224 valence electrons. The Hall–Kier alpha value is -1.58. The fourth-order valence-corrected chi connectivity index (χ4v) is 9.23. The number of allylic oxidation sites excluding steroid dienone is 2. The Morgan fingerprint density at radius 2 is 1.12 bits per heavy atom. The molecule has 0 saturated heterocycles. The third-order valence-corrected chi connectivity index (χ3v) is 11.6. The van der Waals surface area contributed by atoms with Crippen molar-refractivity contribution in [1.82, 2.24) is 0 Å². The second-order valence-corrected chi connectivity index (χ2v) is 13.8. The van der Waals surface area contributed by atoms with E-state index in [9.17, 15) is 8.78 Å². The van der Waals surface area contributed by atoms with Crippen molar-refractivity contribution in [3.05, 3.63) is 35.9 Å². The molecule has 2 nitrogen and oxygen atoms in total. The Labute approximate surface area is 242 Å². The van der Waals surface area contributed by atoms with Crippen LogP contribution in [0.2, 0.25) is 0 Å². The zero-order valence-corrected chi connectivity index (χ0v) is 25.2. The van der Waals surface area contributed by atoms with Crippen LogP contribution in [-0.2, 0) is 0 Å². The molecule has 0 spiro atoms. The molecule has 4 heteroatoms. The lowest BCUT2D eigenvalue weighted by Crippen LogP contribution is -2.35. The molecule has 4 unspecified atom stereocenters. The highest BCUT2D eigenvalue weighted by Crippen LogP contribution is 2.51. The summed E-state index contributed by atoms with van der Waals surface area (Å²) in [5, 5.41) is 0. The Kier molecular flexibility index (Phi) is 10.9. The van der Waals surface area contributed by atoms with Crippen molar-refractivity contribution in [2.45, 2.75) is 117 Å². The monoisotopic (exact) mass is 556 g/mol. The zero-order chi connectivity index (χ0) is 27.9. The maximum Gasteiger partial charge on any atom is 0.204 e. The lowest BCUT2D eigenvalue weighted by Gasteiger charge is -2.46. The average molecular weight is 557 g/mol. The Morgan fingerprint density at radius 3 is 1.75 bits per heavy atom. The summed E-state index contributed by atoms with van der Waals surface area (Å²) in [5.74, 6) is 5.30. The largest absolute Gasteiger partial charge is 0.491 e. The van der Waals surface area contributed by atoms with E-state index < -0.39 is 11.6 Å². The summed E-state index contributed by atoms with van der Waals surface area (Å²) in [6.45, 7) is 4.69. The predicted molar refractivity (Wildman–Crippen MR) is 160 cm³/mol. The van der Waals surface area contributed by atoms with Crippen molar-refractivity contribution in [2.24, 2.45) is 47.3 Å². The highest BCUT2D eigenvalue weighted by atomic mass is 19.2. The third-order valence-electron chi connectivity index (χ3n) is 11.6. The summed E-state index contributed by atoms with van der Waals surface area (Å²) < 4.78 is 39.4. The van der Waals surface area contributed by atoms with Crippen LogP contribution in [0.5, 0.6) is 11.5 Å². The van der Waals surface area contributed by atoms with Crippen molar-refractivity contribution < 1.29 is 18.3 Å². The van der Waals surface area contributed by atoms with Crippen LogP contribution in [0.4, 0.5) is 8.78 Å². The molecule has 4 fully saturated rings. The smallest absolute Gasteiger partial charge is 0.204 e. The highest BCUT2D eigenvalue weighted by molar-refractivity contribution is 5.35. The first-order chi connectivity index (χ1) is 19.6. The molecule has 4 aliphatic carbocycles. The van der Waals surface area contributed by atoms with Crippen LogP contribution in [0.15, 0.2) is 24.3 Å². The van der Waals surface area contributed by atoms with Crippen molar-refractivity contribution in [3.63, 3.8) is 0 Å². The van der Waals surface area contributed by atoms with E-state index in [0.29, 0.717) is 19.1 Å². The predicted octanol–water partition coefficient (Wildman–Crippen LogP) is 10.5. The van der Waals surface area contributed by atoms with Crippen molar-refractivity contribution in [3.8, 4) is 11.5 Å². The Balaban J connectivity index is 0.999. The number of fused-ring (bicyclic) bond motifs is 1. The molecule has 4 saturated carbocycles. The van der Waals surface area contributed by atoms with Crippen molar-refractivity contribution in [2.75, 3.05) is 13.2 Å². The molecule has 0 N–H and O–H groups in total. The SMILES string of the molecule is C/C=C/CCC1CCC2CC(C3CCC(C4CCC(COc5ccc(OCC)c(F)c5F)CC4)CC3)CCC2C1. The molecule has 0 aliphatic heterocycles. The van der Waals surface area contributed by atoms with Gasteiger partial charge in [-0.1, -0.05) is 18.6 Å². The second-order valence-electron chi connectivity index (χ2n) is 13.8. The summed E-state index contributed by atoms with van der Waals surface area (Å²) in [5.41, 5.74) is 0. The standard InChI is InChI=1S/C36H54F2O2/c1-3-5-6-7-25-8-13-32-23-31(19-18-30(32)22-25)29-16-14-28(15-17-29)27-11-9-26(10-12-27)24-40-34-21-20-33(39-4-2)35(37)36(34)38/h3,5,20-21,25-32H,4,6-19,22-24H2,1-2H3/b5-3+. The van der Waals surface area contributed by atoms with E-state index in [1.165, 1.54) is 102 Å². The molecule has 5 rings (SSSR count). The average Bonchev–Trinajstić information content (AvgIpc) is 2.99. The van der Waals surface area contributed by atoms with Gasteiger partial charge in [0.25, 0.3) is 0 Å². The molecule has 4 atom stereocenters. The first kappa shape index (κ1) is 29.9. The van der Waals surface area contributed by atoms with E-state index in [1.54, 1.807) is 6.92 Å². The summed E-state index contributed by atoms with van der Waals surface area (Å²) in [6, 6.07) is 2.96. The third kappa shape index (κ3) is 7.43. The molecule has 0 bridgehead atoms. The van der Waals surface area contributed by atoms with Gasteiger partial charge in [0, 0.05) is 0 Å². The van der Waals surface area contributed by atoms with E-state index in [0.717, 1.165) is 54.3 Å². The van der Waals surface area contributed by atoms with Gasteiger partial charge in [-0.25, -0.2) is 0 Å². The lowest BCUT2D eigenvalue weighted by molar-refractivity contribution is 0.0491. The van der Waals surface area contributed by atoms with E-state index in [-0.39, 0.29) is 11.5 Å². The highest BCUT2D eigenvalue weighted by Gasteiger charge is 2.39. The Bertz CT molecular complexity index is 944. The maximum atomic E-state index is 14.4. The Morgan fingerprint density at radius 1 is 0.650 bits per heavy atom. The summed E-state index contributed by atoms with van der Waals surface area (Å²) in [7, 11) is 0. The van der Waals surface area contributed by atoms with E-state index in [1.807, 2.05) is 0 Å². The van der Waals surface area contributed by atoms with Gasteiger partial charge in [0.1, 0.15) is 0 Å². The number of halogens is 2. The minimum Gasteiger partial charge on any atom is -0.491 e. The van der Waals surface area contributed by atoms with Crippen molar-refractivity contribution in [1.29, 1.82) is 0 Å². The van der Waals surface area contributed by atoms with Crippen LogP contribution < -0.4 is 9.47 Å². The van der Waals surface area contributed by atoms with Gasteiger partial charge in [-0.3, -0.25) is 0 Å². The van der Waals surface area contributed by atoms with Gasteiger partial charge in [-0.15, -0.1) is 0 Å². The summed E-state index contributed by atoms with van der Waals surface area (Å²) >= 11 is 0. The van der Waals surface area contributed by atoms with Gasteiger partial charge in [-0.2, -0.15) is 8.78 Å². The molecule has 0 radical (unpaired) electrons. The molecule has 0 amide bonds.